The second-order valence-corrected chi connectivity index (χ2v) is 4.72. The summed E-state index contributed by atoms with van der Waals surface area (Å²) in [5.41, 5.74) is 2.12. The molecule has 0 unspecified atom stereocenters. The van der Waals surface area contributed by atoms with Crippen molar-refractivity contribution in [2.45, 2.75) is 13.5 Å². The number of pyridine rings is 1. The first-order valence-electron chi connectivity index (χ1n) is 6.60. The van der Waals surface area contributed by atoms with E-state index in [4.69, 9.17) is 0 Å². The van der Waals surface area contributed by atoms with Gasteiger partial charge in [-0.25, -0.2) is 4.57 Å². The Hall–Kier alpha value is -1.82. The highest BCUT2D eigenvalue weighted by Crippen LogP contribution is 2.27. The molecular weight excluding hydrogens is 377 g/mol. The van der Waals surface area contributed by atoms with E-state index in [1.54, 1.807) is 30.3 Å². The van der Waals surface area contributed by atoms with Crippen molar-refractivity contribution in [2.75, 3.05) is 0 Å². The maximum Gasteiger partial charge on any atom is 0.197 e. The van der Waals surface area contributed by atoms with E-state index >= 15 is 0 Å². The second kappa shape index (κ2) is 6.30. The summed E-state index contributed by atoms with van der Waals surface area (Å²) >= 11 is 0. The maximum atomic E-state index is 12.2. The molecule has 0 fully saturated rings. The van der Waals surface area contributed by atoms with E-state index in [9.17, 15) is 9.59 Å². The number of hydrogen-bond donors (Lipinski definition) is 0. The predicted octanol–water partition coefficient (Wildman–Crippen LogP) is -0.539. The van der Waals surface area contributed by atoms with Crippen LogP contribution >= 0.6 is 0 Å². The topological polar surface area (TPSA) is 38.0 Å². The van der Waals surface area contributed by atoms with Crippen LogP contribution in [-0.4, -0.2) is 11.6 Å². The van der Waals surface area contributed by atoms with Gasteiger partial charge in [-0.2, -0.15) is 0 Å². The lowest BCUT2D eigenvalue weighted by atomic mass is 10.1. The summed E-state index contributed by atoms with van der Waals surface area (Å²) < 4.78 is 2.02. The molecule has 3 rings (SSSR count). The van der Waals surface area contributed by atoms with Crippen molar-refractivity contribution in [1.29, 1.82) is 0 Å². The predicted molar refractivity (Wildman–Crippen MR) is 75.4 cm³/mol. The van der Waals surface area contributed by atoms with E-state index in [-0.39, 0.29) is 41.1 Å². The molecule has 3 nitrogen and oxygen atoms in total. The molecule has 0 radical (unpaired) electrons. The van der Waals surface area contributed by atoms with E-state index in [0.29, 0.717) is 11.1 Å². The Morgan fingerprint density at radius 3 is 1.95 bits per heavy atom. The molecule has 0 N–H and O–H groups in total. The normalized spacial score (nSPS) is 12.9. The van der Waals surface area contributed by atoms with Crippen molar-refractivity contribution in [1.82, 2.24) is 0 Å². The van der Waals surface area contributed by atoms with Crippen LogP contribution in [0.4, 0.5) is 0 Å². The maximum absolute atomic E-state index is 12.2. The van der Waals surface area contributed by atoms with Crippen LogP contribution in [-0.2, 0) is 6.54 Å². The average molecular weight is 391 g/mol. The summed E-state index contributed by atoms with van der Waals surface area (Å²) in [5.74, 6) is -0.365. The van der Waals surface area contributed by atoms with Crippen LogP contribution < -0.4 is 28.5 Å². The van der Waals surface area contributed by atoms with Crippen LogP contribution in [0.3, 0.4) is 0 Å². The molecule has 2 aromatic rings. The number of carbonyl (C=O) groups excluding carboxylic acids is 2. The van der Waals surface area contributed by atoms with Crippen LogP contribution in [0.15, 0.2) is 54.4 Å². The highest BCUT2D eigenvalue weighted by molar-refractivity contribution is 6.41. The van der Waals surface area contributed by atoms with E-state index in [1.165, 1.54) is 0 Å². The first kappa shape index (κ1) is 15.6. The SMILES string of the molecule is CC[n+]1ccc(C=C2C(=O)c3ccccc3C2=O)cc1.[I-]. The largest absolute Gasteiger partial charge is 1.00 e. The van der Waals surface area contributed by atoms with Crippen molar-refractivity contribution >= 4 is 17.6 Å². The van der Waals surface area contributed by atoms with Gasteiger partial charge in [0.1, 0.15) is 6.54 Å². The highest BCUT2D eigenvalue weighted by atomic mass is 127. The van der Waals surface area contributed by atoms with Crippen molar-refractivity contribution in [3.05, 3.63) is 71.1 Å². The number of aromatic nitrogens is 1. The number of fused-ring (bicyclic) bond motifs is 1. The molecule has 0 amide bonds. The molecule has 0 saturated heterocycles. The van der Waals surface area contributed by atoms with Gasteiger partial charge in [-0.3, -0.25) is 9.59 Å². The van der Waals surface area contributed by atoms with Crippen molar-refractivity contribution in [3.63, 3.8) is 0 Å². The summed E-state index contributed by atoms with van der Waals surface area (Å²) in [4.78, 5) is 24.5. The Balaban J connectivity index is 0.00000161. The number of benzene rings is 1. The summed E-state index contributed by atoms with van der Waals surface area (Å²) in [6, 6.07) is 10.8. The van der Waals surface area contributed by atoms with Gasteiger partial charge in [0.05, 0.1) is 5.57 Å². The third-order valence-electron chi connectivity index (χ3n) is 3.50. The van der Waals surface area contributed by atoms with Gasteiger partial charge in [0.15, 0.2) is 24.0 Å². The first-order valence-corrected chi connectivity index (χ1v) is 6.60. The lowest BCUT2D eigenvalue weighted by Crippen LogP contribution is -3.00. The number of ketones is 2. The minimum Gasteiger partial charge on any atom is -1.00 e. The fraction of sp³-hybridized carbons (Fsp3) is 0.118. The minimum absolute atomic E-state index is 0. The fourth-order valence-corrected chi connectivity index (χ4v) is 2.35. The van der Waals surface area contributed by atoms with Crippen molar-refractivity contribution in [2.24, 2.45) is 0 Å². The molecule has 1 aromatic heterocycles. The van der Waals surface area contributed by atoms with Gasteiger partial charge in [0.2, 0.25) is 0 Å². The van der Waals surface area contributed by atoms with Crippen LogP contribution in [0.5, 0.6) is 0 Å². The Kier molecular flexibility index (Phi) is 4.67. The quantitative estimate of drug-likeness (QED) is 0.299. The Morgan fingerprint density at radius 1 is 0.952 bits per heavy atom. The first-order chi connectivity index (χ1) is 9.70. The van der Waals surface area contributed by atoms with Crippen molar-refractivity contribution < 1.29 is 38.1 Å². The summed E-state index contributed by atoms with van der Waals surface area (Å²) in [5, 5.41) is 0. The van der Waals surface area contributed by atoms with E-state index in [0.717, 1.165) is 12.1 Å². The van der Waals surface area contributed by atoms with Gasteiger partial charge < -0.3 is 24.0 Å². The van der Waals surface area contributed by atoms with Gasteiger partial charge in [-0.1, -0.05) is 24.3 Å². The average Bonchev–Trinajstić information content (AvgIpc) is 2.74. The zero-order valence-corrected chi connectivity index (χ0v) is 13.7. The Morgan fingerprint density at radius 2 is 1.48 bits per heavy atom. The third-order valence-corrected chi connectivity index (χ3v) is 3.50. The lowest BCUT2D eigenvalue weighted by Gasteiger charge is -1.96. The fourth-order valence-electron chi connectivity index (χ4n) is 2.35. The highest BCUT2D eigenvalue weighted by Gasteiger charge is 2.32. The Labute approximate surface area is 140 Å². The molecule has 1 aliphatic rings. The molecule has 21 heavy (non-hydrogen) atoms. The molecule has 1 heterocycles. The molecule has 106 valence electrons. The number of rotatable bonds is 2. The van der Waals surface area contributed by atoms with E-state index < -0.39 is 0 Å². The number of hydrogen-bond acceptors (Lipinski definition) is 2. The number of Topliss-reactive ketones (excluding diaryl/α,β-unsaturated/α-hetero) is 2. The molecule has 1 aromatic carbocycles. The number of nitrogens with zero attached hydrogens (tertiary/aromatic N) is 1. The third kappa shape index (κ3) is 2.81. The zero-order chi connectivity index (χ0) is 14.1. The van der Waals surface area contributed by atoms with Gasteiger partial charge in [-0.05, 0) is 18.6 Å². The molecule has 0 bridgehead atoms. The molecule has 4 heteroatoms. The number of halogens is 1. The van der Waals surface area contributed by atoms with Crippen LogP contribution in [0.1, 0.15) is 33.2 Å². The standard InChI is InChI=1S/C17H14NO2.HI/c1-2-18-9-7-12(8-10-18)11-15-16(19)13-5-3-4-6-14(13)17(15)20;/h3-11H,2H2,1H3;1H/q+1;/p-1. The zero-order valence-electron chi connectivity index (χ0n) is 11.5. The molecule has 0 aliphatic heterocycles. The monoisotopic (exact) mass is 391 g/mol. The number of allylic oxidation sites excluding steroid dienone is 1. The van der Waals surface area contributed by atoms with Gasteiger partial charge in [0, 0.05) is 23.3 Å². The number of aryl methyl sites for hydroxylation is 1. The lowest BCUT2D eigenvalue weighted by molar-refractivity contribution is -0.693. The molecule has 0 saturated carbocycles. The van der Waals surface area contributed by atoms with E-state index in [2.05, 4.69) is 6.92 Å². The molecular formula is C17H14INO2. The minimum atomic E-state index is -0.183. The van der Waals surface area contributed by atoms with Crippen LogP contribution in [0, 0.1) is 0 Å². The molecule has 0 atom stereocenters. The van der Waals surface area contributed by atoms with Gasteiger partial charge >= 0.3 is 0 Å². The summed E-state index contributed by atoms with van der Waals surface area (Å²) in [7, 11) is 0. The molecule has 1 aliphatic carbocycles. The van der Waals surface area contributed by atoms with Crippen molar-refractivity contribution in [3.8, 4) is 0 Å². The molecule has 0 spiro atoms. The summed E-state index contributed by atoms with van der Waals surface area (Å²) in [6.07, 6.45) is 5.54. The van der Waals surface area contributed by atoms with E-state index in [1.807, 2.05) is 29.1 Å². The van der Waals surface area contributed by atoms with Gasteiger partial charge in [-0.15, -0.1) is 0 Å². The van der Waals surface area contributed by atoms with Gasteiger partial charge in [0.25, 0.3) is 0 Å². The number of carbonyl (C=O) groups is 2. The smallest absolute Gasteiger partial charge is 0.197 e. The Bertz CT molecular complexity index is 696. The second-order valence-electron chi connectivity index (χ2n) is 4.72. The van der Waals surface area contributed by atoms with Crippen LogP contribution in [0.25, 0.3) is 6.08 Å². The van der Waals surface area contributed by atoms with Crippen LogP contribution in [0.2, 0.25) is 0 Å². The summed E-state index contributed by atoms with van der Waals surface area (Å²) in [6.45, 7) is 2.94.